The van der Waals surface area contributed by atoms with E-state index in [9.17, 15) is 4.79 Å². The predicted molar refractivity (Wildman–Crippen MR) is 86.3 cm³/mol. The second kappa shape index (κ2) is 6.51. The van der Waals surface area contributed by atoms with Crippen molar-refractivity contribution in [3.05, 3.63) is 17.2 Å². The molecule has 0 bridgehead atoms. The largest absolute Gasteiger partial charge is 0.444 e. The molecule has 128 valence electrons. The third kappa shape index (κ3) is 4.05. The Labute approximate surface area is 137 Å². The Kier molecular flexibility index (Phi) is 4.62. The minimum Gasteiger partial charge on any atom is -0.444 e. The highest BCUT2D eigenvalue weighted by atomic mass is 16.6. The minimum atomic E-state index is -0.511. The van der Waals surface area contributed by atoms with Crippen molar-refractivity contribution in [2.75, 3.05) is 13.2 Å². The number of aromatic nitrogens is 2. The average molecular weight is 321 g/mol. The van der Waals surface area contributed by atoms with Gasteiger partial charge in [0.05, 0.1) is 18.3 Å². The zero-order chi connectivity index (χ0) is 16.4. The van der Waals surface area contributed by atoms with Crippen LogP contribution in [0.25, 0.3) is 0 Å². The van der Waals surface area contributed by atoms with Crippen LogP contribution in [0.4, 0.5) is 4.79 Å². The number of hydrogen-bond donors (Lipinski definition) is 2. The van der Waals surface area contributed by atoms with Crippen LogP contribution in [-0.4, -0.2) is 34.9 Å². The Balaban J connectivity index is 1.78. The van der Waals surface area contributed by atoms with Gasteiger partial charge in [0, 0.05) is 18.2 Å². The highest BCUT2D eigenvalue weighted by Gasteiger charge is 2.33. The molecular formula is C17H27N3O3. The molecule has 1 aromatic heterocycles. The van der Waals surface area contributed by atoms with Gasteiger partial charge in [-0.2, -0.15) is 0 Å². The van der Waals surface area contributed by atoms with E-state index < -0.39 is 11.7 Å². The van der Waals surface area contributed by atoms with E-state index in [4.69, 9.17) is 14.5 Å². The molecule has 1 amide bonds. The van der Waals surface area contributed by atoms with Gasteiger partial charge in [-0.15, -0.1) is 0 Å². The number of ether oxygens (including phenoxy) is 2. The van der Waals surface area contributed by atoms with Crippen molar-refractivity contribution in [2.45, 2.75) is 64.5 Å². The van der Waals surface area contributed by atoms with Crippen LogP contribution in [-0.2, 0) is 22.3 Å². The molecule has 0 spiro atoms. The van der Waals surface area contributed by atoms with Crippen molar-refractivity contribution in [1.29, 1.82) is 0 Å². The number of nitrogens with zero attached hydrogens (tertiary/aromatic N) is 1. The summed E-state index contributed by atoms with van der Waals surface area (Å²) in [5, 5.41) is 3.01. The number of fused-ring (bicyclic) bond motifs is 1. The number of H-pyrrole nitrogens is 1. The van der Waals surface area contributed by atoms with Crippen molar-refractivity contribution in [3.8, 4) is 0 Å². The lowest BCUT2D eigenvalue weighted by Crippen LogP contribution is -2.38. The first-order chi connectivity index (χ1) is 10.9. The molecule has 1 saturated heterocycles. The van der Waals surface area contributed by atoms with E-state index in [2.05, 4.69) is 10.3 Å². The number of alkyl carbamates (subject to hydrolysis) is 1. The number of carbonyl (C=O) groups excluding carboxylic acids is 1. The smallest absolute Gasteiger partial charge is 0.408 e. The SMILES string of the molecule is CC(C)(C)OC(=O)NC(c1nc2c([nH]1)CCCC2)C1CCOC1. The molecule has 0 saturated carbocycles. The molecule has 1 aromatic rings. The van der Waals surface area contributed by atoms with Crippen LogP contribution in [0.3, 0.4) is 0 Å². The Hall–Kier alpha value is -1.56. The van der Waals surface area contributed by atoms with Crippen LogP contribution in [0, 0.1) is 5.92 Å². The average Bonchev–Trinajstić information content (AvgIpc) is 3.12. The topological polar surface area (TPSA) is 76.2 Å². The normalized spacial score (nSPS) is 22.5. The molecule has 2 atom stereocenters. The zero-order valence-corrected chi connectivity index (χ0v) is 14.3. The van der Waals surface area contributed by atoms with Crippen molar-refractivity contribution in [1.82, 2.24) is 15.3 Å². The first kappa shape index (κ1) is 16.3. The summed E-state index contributed by atoms with van der Waals surface area (Å²) in [6.07, 6.45) is 4.98. The fourth-order valence-electron chi connectivity index (χ4n) is 3.28. The van der Waals surface area contributed by atoms with Gasteiger partial charge in [0.15, 0.2) is 0 Å². The molecule has 2 aliphatic rings. The third-order valence-electron chi connectivity index (χ3n) is 4.38. The second-order valence-electron chi connectivity index (χ2n) is 7.50. The van der Waals surface area contributed by atoms with Gasteiger partial charge in [-0.3, -0.25) is 0 Å². The standard InChI is InChI=1S/C17H27N3O3/c1-17(2,3)23-16(21)20-14(11-8-9-22-10-11)15-18-12-6-4-5-7-13(12)19-15/h11,14H,4-10H2,1-3H3,(H,18,19)(H,20,21). The van der Waals surface area contributed by atoms with Gasteiger partial charge >= 0.3 is 6.09 Å². The van der Waals surface area contributed by atoms with Crippen LogP contribution >= 0.6 is 0 Å². The Morgan fingerprint density at radius 3 is 2.83 bits per heavy atom. The predicted octanol–water partition coefficient (Wildman–Crippen LogP) is 2.89. The lowest BCUT2D eigenvalue weighted by atomic mass is 9.98. The first-order valence-corrected chi connectivity index (χ1v) is 8.57. The van der Waals surface area contributed by atoms with E-state index >= 15 is 0 Å². The van der Waals surface area contributed by atoms with E-state index in [1.54, 1.807) is 0 Å². The molecule has 6 nitrogen and oxygen atoms in total. The van der Waals surface area contributed by atoms with Crippen LogP contribution in [0.2, 0.25) is 0 Å². The van der Waals surface area contributed by atoms with Crippen LogP contribution < -0.4 is 5.32 Å². The summed E-state index contributed by atoms with van der Waals surface area (Å²) in [6.45, 7) is 6.98. The van der Waals surface area contributed by atoms with Crippen molar-refractivity contribution >= 4 is 6.09 Å². The molecule has 0 aromatic carbocycles. The summed E-state index contributed by atoms with van der Waals surface area (Å²) >= 11 is 0. The maximum atomic E-state index is 12.2. The quantitative estimate of drug-likeness (QED) is 0.897. The minimum absolute atomic E-state index is 0.182. The van der Waals surface area contributed by atoms with E-state index in [0.717, 1.165) is 37.4 Å². The number of imidazole rings is 1. The molecule has 1 aliphatic carbocycles. The van der Waals surface area contributed by atoms with Crippen molar-refractivity contribution in [3.63, 3.8) is 0 Å². The fraction of sp³-hybridized carbons (Fsp3) is 0.765. The Morgan fingerprint density at radius 1 is 1.39 bits per heavy atom. The lowest BCUT2D eigenvalue weighted by molar-refractivity contribution is 0.0478. The summed E-state index contributed by atoms with van der Waals surface area (Å²) in [5.74, 6) is 1.08. The number of hydrogen-bond acceptors (Lipinski definition) is 4. The van der Waals surface area contributed by atoms with Crippen molar-refractivity contribution in [2.24, 2.45) is 5.92 Å². The molecule has 2 N–H and O–H groups in total. The molecule has 1 fully saturated rings. The monoisotopic (exact) mass is 321 g/mol. The summed E-state index contributed by atoms with van der Waals surface area (Å²) in [4.78, 5) is 20.4. The molecule has 0 radical (unpaired) electrons. The second-order valence-corrected chi connectivity index (χ2v) is 7.50. The Morgan fingerprint density at radius 2 is 2.17 bits per heavy atom. The van der Waals surface area contributed by atoms with Crippen LogP contribution in [0.1, 0.15) is 63.3 Å². The summed E-state index contributed by atoms with van der Waals surface area (Å²) < 4.78 is 10.9. The lowest BCUT2D eigenvalue weighted by Gasteiger charge is -2.25. The van der Waals surface area contributed by atoms with Gasteiger partial charge in [-0.25, -0.2) is 9.78 Å². The van der Waals surface area contributed by atoms with E-state index in [1.165, 1.54) is 18.5 Å². The summed E-state index contributed by atoms with van der Waals surface area (Å²) in [6, 6.07) is -0.182. The van der Waals surface area contributed by atoms with Gasteiger partial charge in [0.25, 0.3) is 0 Å². The zero-order valence-electron chi connectivity index (χ0n) is 14.3. The van der Waals surface area contributed by atoms with Gasteiger partial charge in [0.2, 0.25) is 0 Å². The first-order valence-electron chi connectivity index (χ1n) is 8.57. The number of aryl methyl sites for hydroxylation is 2. The molecule has 23 heavy (non-hydrogen) atoms. The van der Waals surface area contributed by atoms with Gasteiger partial charge < -0.3 is 19.8 Å². The highest BCUT2D eigenvalue weighted by Crippen LogP contribution is 2.30. The Bertz CT molecular complexity index is 532. The summed E-state index contributed by atoms with van der Waals surface area (Å²) in [7, 11) is 0. The van der Waals surface area contributed by atoms with Crippen LogP contribution in [0.15, 0.2) is 0 Å². The third-order valence-corrected chi connectivity index (χ3v) is 4.38. The molecule has 2 heterocycles. The fourth-order valence-corrected chi connectivity index (χ4v) is 3.28. The number of nitrogens with one attached hydrogen (secondary N) is 2. The molecule has 2 unspecified atom stereocenters. The maximum absolute atomic E-state index is 12.2. The summed E-state index contributed by atoms with van der Waals surface area (Å²) in [5.41, 5.74) is 1.87. The van der Waals surface area contributed by atoms with Crippen molar-refractivity contribution < 1.29 is 14.3 Å². The van der Waals surface area contributed by atoms with Gasteiger partial charge in [0.1, 0.15) is 11.4 Å². The van der Waals surface area contributed by atoms with E-state index in [-0.39, 0.29) is 12.0 Å². The molecule has 6 heteroatoms. The molecule has 3 rings (SSSR count). The number of amides is 1. The molecular weight excluding hydrogens is 294 g/mol. The highest BCUT2D eigenvalue weighted by molar-refractivity contribution is 5.68. The van der Waals surface area contributed by atoms with Gasteiger partial charge in [-0.05, 0) is 52.9 Å². The number of rotatable bonds is 3. The van der Waals surface area contributed by atoms with E-state index in [1.807, 2.05) is 20.8 Å². The van der Waals surface area contributed by atoms with Crippen LogP contribution in [0.5, 0.6) is 0 Å². The number of aromatic amines is 1. The van der Waals surface area contributed by atoms with E-state index in [0.29, 0.717) is 6.61 Å². The molecule has 1 aliphatic heterocycles. The maximum Gasteiger partial charge on any atom is 0.408 e. The van der Waals surface area contributed by atoms with Gasteiger partial charge in [-0.1, -0.05) is 0 Å². The number of carbonyl (C=O) groups is 1.